The molecule has 2 rings (SSSR count). The maximum atomic E-state index is 11.4. The Morgan fingerprint density at radius 3 is 1.84 bits per heavy atom. The third-order valence-electron chi connectivity index (χ3n) is 4.15. The Morgan fingerprint density at radius 2 is 1.53 bits per heavy atom. The summed E-state index contributed by atoms with van der Waals surface area (Å²) in [6.45, 7) is 1.46. The zero-order valence-electron chi connectivity index (χ0n) is 16.9. The molecule has 1 aromatic heterocycles. The van der Waals surface area contributed by atoms with Crippen molar-refractivity contribution in [3.63, 3.8) is 0 Å². The van der Waals surface area contributed by atoms with E-state index in [4.69, 9.17) is 24.2 Å². The smallest absolute Gasteiger partial charge is 0.480 e. The molecule has 1 aliphatic rings. The van der Waals surface area contributed by atoms with Gasteiger partial charge in [-0.1, -0.05) is 0 Å². The Kier molecular flexibility index (Phi) is 11.2. The summed E-state index contributed by atoms with van der Waals surface area (Å²) in [5, 5.41) is 23.6. The van der Waals surface area contributed by atoms with Gasteiger partial charge in [-0.3, -0.25) is 9.69 Å². The lowest BCUT2D eigenvalue weighted by molar-refractivity contribution is -0.193. The second kappa shape index (κ2) is 12.3. The van der Waals surface area contributed by atoms with Crippen molar-refractivity contribution in [2.24, 2.45) is 0 Å². The van der Waals surface area contributed by atoms with Crippen LogP contribution >= 0.6 is 0 Å². The zero-order valence-corrected chi connectivity index (χ0v) is 16.9. The first-order valence-electron chi connectivity index (χ1n) is 8.71. The van der Waals surface area contributed by atoms with Crippen LogP contribution in [0.3, 0.4) is 0 Å². The fourth-order valence-corrected chi connectivity index (χ4v) is 2.53. The van der Waals surface area contributed by atoms with Gasteiger partial charge in [0.1, 0.15) is 6.04 Å². The first-order valence-corrected chi connectivity index (χ1v) is 8.71. The molecule has 9 nitrogen and oxygen atoms in total. The van der Waals surface area contributed by atoms with Crippen molar-refractivity contribution in [2.75, 3.05) is 20.6 Å². The molecule has 15 heteroatoms. The Labute approximate surface area is 177 Å². The van der Waals surface area contributed by atoms with E-state index < -0.39 is 36.3 Å². The summed E-state index contributed by atoms with van der Waals surface area (Å²) in [5.41, 5.74) is 1.03. The number of hydrogen-bond donors (Lipinski definition) is 3. The van der Waals surface area contributed by atoms with Gasteiger partial charge in [-0.2, -0.15) is 26.3 Å². The molecule has 1 aliphatic heterocycles. The minimum atomic E-state index is -5.08. The third-order valence-corrected chi connectivity index (χ3v) is 4.15. The molecule has 3 N–H and O–H groups in total. The van der Waals surface area contributed by atoms with E-state index in [-0.39, 0.29) is 0 Å². The number of hydrogen-bond acceptors (Lipinski definition) is 6. The van der Waals surface area contributed by atoms with Gasteiger partial charge < -0.3 is 24.6 Å². The number of aliphatic carboxylic acids is 3. The average molecular weight is 480 g/mol. The maximum Gasteiger partial charge on any atom is 0.490 e. The number of alkyl halides is 6. The zero-order chi connectivity index (χ0) is 25.3. The predicted molar refractivity (Wildman–Crippen MR) is 94.6 cm³/mol. The lowest BCUT2D eigenvalue weighted by atomic mass is 9.96. The number of halogens is 6. The summed E-state index contributed by atoms with van der Waals surface area (Å²) in [4.78, 5) is 33.3. The SMILES string of the molecule is CN(C)C1CCN(Cc2ccoc2)C(C(=O)O)C1.O=C(O)C(F)(F)F.O=C(O)C(F)(F)F. The molecule has 1 saturated heterocycles. The number of rotatable bonds is 4. The summed E-state index contributed by atoms with van der Waals surface area (Å²) >= 11 is 0. The van der Waals surface area contributed by atoms with Crippen LogP contribution in [0.15, 0.2) is 23.0 Å². The highest BCUT2D eigenvalue weighted by atomic mass is 19.4. The van der Waals surface area contributed by atoms with Gasteiger partial charge in [-0.05, 0) is 33.0 Å². The van der Waals surface area contributed by atoms with Gasteiger partial charge in [0.05, 0.1) is 12.5 Å². The quantitative estimate of drug-likeness (QED) is 0.557. The maximum absolute atomic E-state index is 11.4. The molecule has 0 aromatic carbocycles. The van der Waals surface area contributed by atoms with Crippen molar-refractivity contribution < 1.29 is 60.5 Å². The predicted octanol–water partition coefficient (Wildman–Crippen LogP) is 2.53. The largest absolute Gasteiger partial charge is 0.490 e. The summed E-state index contributed by atoms with van der Waals surface area (Å²) in [7, 11) is 4.02. The molecular weight excluding hydrogens is 458 g/mol. The van der Waals surface area contributed by atoms with Crippen LogP contribution in [0.4, 0.5) is 26.3 Å². The third kappa shape index (κ3) is 11.0. The Bertz CT molecular complexity index is 711. The number of carbonyl (C=O) groups is 3. The van der Waals surface area contributed by atoms with Crippen LogP contribution < -0.4 is 0 Å². The first-order chi connectivity index (χ1) is 14.5. The first kappa shape index (κ1) is 29.2. The molecule has 0 aliphatic carbocycles. The summed E-state index contributed by atoms with van der Waals surface area (Å²) < 4.78 is 68.5. The second-order valence-corrected chi connectivity index (χ2v) is 6.70. The van der Waals surface area contributed by atoms with E-state index >= 15 is 0 Å². The molecule has 0 saturated carbocycles. The van der Waals surface area contributed by atoms with E-state index in [1.807, 2.05) is 25.1 Å². The Hall–Kier alpha value is -2.81. The van der Waals surface area contributed by atoms with Crippen LogP contribution in [0.5, 0.6) is 0 Å². The molecule has 1 fully saturated rings. The normalized spacial score (nSPS) is 19.3. The van der Waals surface area contributed by atoms with Crippen LogP contribution in [0, 0.1) is 0 Å². The van der Waals surface area contributed by atoms with E-state index in [0.29, 0.717) is 19.0 Å². The standard InChI is InChI=1S/C13H20N2O3.2C2HF3O2/c1-14(2)11-3-5-15(12(7-11)13(16)17)8-10-4-6-18-9-10;2*3-2(4,5)1(6)7/h4,6,9,11-12H,3,5,7-8H2,1-2H3,(H,16,17);2*(H,6,7). The van der Waals surface area contributed by atoms with Crippen LogP contribution in [-0.2, 0) is 20.9 Å². The van der Waals surface area contributed by atoms with E-state index in [2.05, 4.69) is 4.90 Å². The van der Waals surface area contributed by atoms with E-state index in [0.717, 1.165) is 18.5 Å². The lowest BCUT2D eigenvalue weighted by Crippen LogP contribution is -2.51. The second-order valence-electron chi connectivity index (χ2n) is 6.70. The molecule has 0 amide bonds. The van der Waals surface area contributed by atoms with Crippen molar-refractivity contribution >= 4 is 17.9 Å². The lowest BCUT2D eigenvalue weighted by Gasteiger charge is -2.39. The van der Waals surface area contributed by atoms with Crippen molar-refractivity contribution in [1.82, 2.24) is 9.80 Å². The van der Waals surface area contributed by atoms with Gasteiger partial charge >= 0.3 is 30.3 Å². The molecule has 1 aromatic rings. The van der Waals surface area contributed by atoms with Crippen LogP contribution in [0.1, 0.15) is 18.4 Å². The molecule has 0 bridgehead atoms. The monoisotopic (exact) mass is 480 g/mol. The summed E-state index contributed by atoms with van der Waals surface area (Å²) in [6.07, 6.45) is -5.18. The van der Waals surface area contributed by atoms with Crippen LogP contribution in [0.2, 0.25) is 0 Å². The molecule has 0 radical (unpaired) electrons. The van der Waals surface area contributed by atoms with Crippen molar-refractivity contribution in [2.45, 2.75) is 43.8 Å². The molecular formula is C17H22F6N2O7. The molecule has 184 valence electrons. The van der Waals surface area contributed by atoms with Crippen LogP contribution in [-0.4, -0.2) is 88.1 Å². The van der Waals surface area contributed by atoms with E-state index in [1.54, 1.807) is 12.5 Å². The highest BCUT2D eigenvalue weighted by molar-refractivity contribution is 5.74. The van der Waals surface area contributed by atoms with Crippen molar-refractivity contribution in [1.29, 1.82) is 0 Å². The van der Waals surface area contributed by atoms with Crippen molar-refractivity contribution in [3.8, 4) is 0 Å². The number of carboxylic acids is 3. The molecule has 2 atom stereocenters. The summed E-state index contributed by atoms with van der Waals surface area (Å²) in [5.74, 6) is -6.25. The van der Waals surface area contributed by atoms with Crippen molar-refractivity contribution in [3.05, 3.63) is 24.2 Å². The van der Waals surface area contributed by atoms with Gasteiger partial charge in [0.15, 0.2) is 0 Å². The van der Waals surface area contributed by atoms with Gasteiger partial charge in [0.2, 0.25) is 0 Å². The number of piperidine rings is 1. The highest BCUT2D eigenvalue weighted by Gasteiger charge is 2.39. The fourth-order valence-electron chi connectivity index (χ4n) is 2.53. The average Bonchev–Trinajstić information content (AvgIpc) is 3.14. The van der Waals surface area contributed by atoms with Gasteiger partial charge in [-0.25, -0.2) is 9.59 Å². The van der Waals surface area contributed by atoms with Gasteiger partial charge in [-0.15, -0.1) is 0 Å². The van der Waals surface area contributed by atoms with E-state index in [9.17, 15) is 36.2 Å². The number of likely N-dealkylation sites (tertiary alicyclic amines) is 1. The molecule has 2 unspecified atom stereocenters. The number of nitrogens with zero attached hydrogens (tertiary/aromatic N) is 2. The van der Waals surface area contributed by atoms with Gasteiger partial charge in [0, 0.05) is 24.7 Å². The Morgan fingerprint density at radius 1 is 1.06 bits per heavy atom. The van der Waals surface area contributed by atoms with Gasteiger partial charge in [0.25, 0.3) is 0 Å². The Balaban J connectivity index is 0.000000570. The fraction of sp³-hybridized carbons (Fsp3) is 0.588. The molecule has 32 heavy (non-hydrogen) atoms. The number of carboxylic acid groups (broad SMARTS) is 3. The topological polar surface area (TPSA) is 132 Å². The minimum absolute atomic E-state index is 0.353. The number of furan rings is 1. The molecule has 0 spiro atoms. The van der Waals surface area contributed by atoms with Crippen LogP contribution in [0.25, 0.3) is 0 Å². The van der Waals surface area contributed by atoms with E-state index in [1.165, 1.54) is 0 Å². The molecule has 2 heterocycles. The summed E-state index contributed by atoms with van der Waals surface area (Å²) in [6, 6.07) is 1.84. The highest BCUT2D eigenvalue weighted by Crippen LogP contribution is 2.23. The minimum Gasteiger partial charge on any atom is -0.480 e.